The van der Waals surface area contributed by atoms with Gasteiger partial charge in [0.25, 0.3) is 0 Å². The second kappa shape index (κ2) is 10.5. The Kier molecular flexibility index (Phi) is 7.97. The Labute approximate surface area is 189 Å². The first-order chi connectivity index (χ1) is 14.7. The molecule has 0 aromatic heterocycles. The number of halogens is 1. The van der Waals surface area contributed by atoms with Crippen molar-refractivity contribution in [2.45, 2.75) is 32.4 Å². The van der Waals surface area contributed by atoms with Gasteiger partial charge in [0, 0.05) is 24.0 Å². The van der Waals surface area contributed by atoms with Crippen LogP contribution in [0.1, 0.15) is 29.5 Å². The van der Waals surface area contributed by atoms with Gasteiger partial charge in [0.15, 0.2) is 0 Å². The van der Waals surface area contributed by atoms with Crippen molar-refractivity contribution in [1.29, 1.82) is 0 Å². The molecule has 168 valence electrons. The zero-order valence-electron chi connectivity index (χ0n) is 17.9. The minimum absolute atomic E-state index is 0.0453. The molecule has 1 aliphatic heterocycles. The van der Waals surface area contributed by atoms with E-state index in [-0.39, 0.29) is 17.6 Å². The van der Waals surface area contributed by atoms with Crippen LogP contribution in [0.3, 0.4) is 0 Å². The average Bonchev–Trinajstić information content (AvgIpc) is 2.72. The van der Waals surface area contributed by atoms with Crippen molar-refractivity contribution in [3.05, 3.63) is 64.2 Å². The Balaban J connectivity index is 1.42. The molecule has 8 heteroatoms. The van der Waals surface area contributed by atoms with Crippen LogP contribution in [0.5, 0.6) is 5.75 Å². The van der Waals surface area contributed by atoms with Crippen LogP contribution in [0, 0.1) is 19.8 Å². The number of nitrogens with zero attached hydrogens (tertiary/aromatic N) is 1. The maximum atomic E-state index is 12.7. The standard InChI is InChI=1S/C23H29ClN2O4S/c1-17-6-7-22(18(2)14-17)30-13-10-25-23(27)20-8-11-26(12-9-20)31(28,29)16-19-4-3-5-21(24)15-19/h3-7,14-15,20H,8-13,16H2,1-2H3,(H,25,27). The summed E-state index contributed by atoms with van der Waals surface area (Å²) in [6.45, 7) is 5.53. The molecular weight excluding hydrogens is 436 g/mol. The third-order valence-electron chi connectivity index (χ3n) is 5.45. The summed E-state index contributed by atoms with van der Waals surface area (Å²) < 4.78 is 32.6. The largest absolute Gasteiger partial charge is 0.491 e. The van der Waals surface area contributed by atoms with Crippen molar-refractivity contribution < 1.29 is 17.9 Å². The summed E-state index contributed by atoms with van der Waals surface area (Å²) in [5, 5.41) is 3.42. The van der Waals surface area contributed by atoms with E-state index >= 15 is 0 Å². The molecule has 3 rings (SSSR count). The monoisotopic (exact) mass is 464 g/mol. The first-order valence-corrected chi connectivity index (χ1v) is 12.4. The van der Waals surface area contributed by atoms with E-state index in [9.17, 15) is 13.2 Å². The quantitative estimate of drug-likeness (QED) is 0.604. The van der Waals surface area contributed by atoms with Gasteiger partial charge in [-0.15, -0.1) is 0 Å². The van der Waals surface area contributed by atoms with E-state index < -0.39 is 10.0 Å². The summed E-state index contributed by atoms with van der Waals surface area (Å²) in [5.74, 6) is 0.508. The molecule has 31 heavy (non-hydrogen) atoms. The number of amides is 1. The number of sulfonamides is 1. The number of nitrogens with one attached hydrogen (secondary N) is 1. The molecule has 0 atom stereocenters. The summed E-state index contributed by atoms with van der Waals surface area (Å²) in [4.78, 5) is 12.5. The van der Waals surface area contributed by atoms with Crippen LogP contribution in [-0.4, -0.2) is 44.9 Å². The first kappa shape index (κ1) is 23.6. The van der Waals surface area contributed by atoms with Gasteiger partial charge >= 0.3 is 0 Å². The van der Waals surface area contributed by atoms with Gasteiger partial charge in [0.05, 0.1) is 12.3 Å². The predicted octanol–water partition coefficient (Wildman–Crippen LogP) is 3.69. The van der Waals surface area contributed by atoms with Crippen LogP contribution >= 0.6 is 11.6 Å². The van der Waals surface area contributed by atoms with Gasteiger partial charge in [-0.3, -0.25) is 4.79 Å². The van der Waals surface area contributed by atoms with Crippen LogP contribution in [0.4, 0.5) is 0 Å². The van der Waals surface area contributed by atoms with Crippen molar-refractivity contribution in [2.75, 3.05) is 26.2 Å². The molecule has 0 aliphatic carbocycles. The maximum Gasteiger partial charge on any atom is 0.223 e. The lowest BCUT2D eigenvalue weighted by Gasteiger charge is -2.30. The van der Waals surface area contributed by atoms with Crippen molar-refractivity contribution in [3.63, 3.8) is 0 Å². The molecule has 2 aromatic carbocycles. The van der Waals surface area contributed by atoms with Gasteiger partial charge in [-0.1, -0.05) is 41.4 Å². The Morgan fingerprint density at radius 2 is 1.90 bits per heavy atom. The minimum Gasteiger partial charge on any atom is -0.491 e. The smallest absolute Gasteiger partial charge is 0.223 e. The summed E-state index contributed by atoms with van der Waals surface area (Å²) in [6.07, 6.45) is 1.02. The molecule has 1 amide bonds. The van der Waals surface area contributed by atoms with Crippen molar-refractivity contribution in [3.8, 4) is 5.75 Å². The number of ether oxygens (including phenoxy) is 1. The number of aryl methyl sites for hydroxylation is 2. The third kappa shape index (κ3) is 6.69. The van der Waals surface area contributed by atoms with Gasteiger partial charge in [0.2, 0.25) is 15.9 Å². The fourth-order valence-corrected chi connectivity index (χ4v) is 5.53. The van der Waals surface area contributed by atoms with E-state index in [1.165, 1.54) is 9.87 Å². The van der Waals surface area contributed by atoms with E-state index in [4.69, 9.17) is 16.3 Å². The Hall–Kier alpha value is -2.09. The summed E-state index contributed by atoms with van der Waals surface area (Å²) in [6, 6.07) is 12.9. The van der Waals surface area contributed by atoms with Crippen LogP contribution in [0.15, 0.2) is 42.5 Å². The van der Waals surface area contributed by atoms with E-state index in [2.05, 4.69) is 11.4 Å². The molecule has 0 unspecified atom stereocenters. The summed E-state index contributed by atoms with van der Waals surface area (Å²) in [5.41, 5.74) is 2.91. The molecule has 2 aromatic rings. The van der Waals surface area contributed by atoms with E-state index in [0.717, 1.165) is 11.3 Å². The number of carbonyl (C=O) groups excluding carboxylic acids is 1. The molecule has 0 saturated carbocycles. The Morgan fingerprint density at radius 3 is 2.58 bits per heavy atom. The van der Waals surface area contributed by atoms with E-state index in [0.29, 0.717) is 49.7 Å². The van der Waals surface area contributed by atoms with Gasteiger partial charge in [-0.05, 0) is 56.0 Å². The number of piperidine rings is 1. The van der Waals surface area contributed by atoms with Crippen molar-refractivity contribution in [2.24, 2.45) is 5.92 Å². The number of benzene rings is 2. The molecule has 0 bridgehead atoms. The van der Waals surface area contributed by atoms with Gasteiger partial charge < -0.3 is 10.1 Å². The first-order valence-electron chi connectivity index (χ1n) is 10.4. The molecule has 1 fully saturated rings. The SMILES string of the molecule is Cc1ccc(OCCNC(=O)C2CCN(S(=O)(=O)Cc3cccc(Cl)c3)CC2)c(C)c1. The van der Waals surface area contributed by atoms with Crippen molar-refractivity contribution in [1.82, 2.24) is 9.62 Å². The van der Waals surface area contributed by atoms with Crippen LogP contribution in [-0.2, 0) is 20.6 Å². The molecule has 1 N–H and O–H groups in total. The van der Waals surface area contributed by atoms with Crippen LogP contribution < -0.4 is 10.1 Å². The number of rotatable bonds is 8. The number of hydrogen-bond acceptors (Lipinski definition) is 4. The van der Waals surface area contributed by atoms with Gasteiger partial charge in [0.1, 0.15) is 12.4 Å². The van der Waals surface area contributed by atoms with E-state index in [1.807, 2.05) is 26.0 Å². The highest BCUT2D eigenvalue weighted by atomic mass is 35.5. The lowest BCUT2D eigenvalue weighted by Crippen LogP contribution is -2.43. The fourth-order valence-electron chi connectivity index (χ4n) is 3.77. The lowest BCUT2D eigenvalue weighted by molar-refractivity contribution is -0.126. The zero-order chi connectivity index (χ0) is 22.4. The lowest BCUT2D eigenvalue weighted by atomic mass is 9.97. The summed E-state index contributed by atoms with van der Waals surface area (Å²) >= 11 is 5.95. The highest BCUT2D eigenvalue weighted by Gasteiger charge is 2.31. The minimum atomic E-state index is -3.44. The van der Waals surface area contributed by atoms with Crippen molar-refractivity contribution >= 4 is 27.5 Å². The zero-order valence-corrected chi connectivity index (χ0v) is 19.5. The molecular formula is C23H29ClN2O4S. The maximum absolute atomic E-state index is 12.7. The van der Waals surface area contributed by atoms with Gasteiger partial charge in [-0.25, -0.2) is 12.7 Å². The third-order valence-corrected chi connectivity index (χ3v) is 7.53. The number of carbonyl (C=O) groups is 1. The molecule has 1 heterocycles. The topological polar surface area (TPSA) is 75.7 Å². The van der Waals surface area contributed by atoms with E-state index in [1.54, 1.807) is 24.3 Å². The second-order valence-corrected chi connectivity index (χ2v) is 10.4. The van der Waals surface area contributed by atoms with Gasteiger partial charge in [-0.2, -0.15) is 0 Å². The fraction of sp³-hybridized carbons (Fsp3) is 0.435. The summed E-state index contributed by atoms with van der Waals surface area (Å²) in [7, 11) is -3.44. The Bertz CT molecular complexity index is 1020. The van der Waals surface area contributed by atoms with Crippen LogP contribution in [0.25, 0.3) is 0 Å². The highest BCUT2D eigenvalue weighted by Crippen LogP contribution is 2.23. The molecule has 1 saturated heterocycles. The second-order valence-electron chi connectivity index (χ2n) is 7.97. The van der Waals surface area contributed by atoms with Crippen LogP contribution in [0.2, 0.25) is 5.02 Å². The highest BCUT2D eigenvalue weighted by molar-refractivity contribution is 7.88. The molecule has 1 aliphatic rings. The molecule has 0 spiro atoms. The molecule has 6 nitrogen and oxygen atoms in total. The molecule has 0 radical (unpaired) electrons. The predicted molar refractivity (Wildman–Crippen MR) is 123 cm³/mol. The normalized spacial score (nSPS) is 15.6. The average molecular weight is 465 g/mol. The number of hydrogen-bond donors (Lipinski definition) is 1. The Morgan fingerprint density at radius 1 is 1.16 bits per heavy atom.